The fourth-order valence-corrected chi connectivity index (χ4v) is 1.57. The Kier molecular flexibility index (Phi) is 5.48. The predicted molar refractivity (Wildman–Crippen MR) is 57.3 cm³/mol. The predicted octanol–water partition coefficient (Wildman–Crippen LogP) is 1.97. The van der Waals surface area contributed by atoms with Crippen molar-refractivity contribution >= 4 is 28.3 Å². The molecule has 0 radical (unpaired) electrons. The van der Waals surface area contributed by atoms with E-state index in [0.717, 1.165) is 5.56 Å². The second-order valence-electron chi connectivity index (χ2n) is 2.51. The summed E-state index contributed by atoms with van der Waals surface area (Å²) in [7, 11) is 0. The molecule has 2 nitrogen and oxygen atoms in total. The minimum Gasteiger partial charge on any atom is -0.329 e. The molecule has 0 amide bonds. The fourth-order valence-electron chi connectivity index (χ4n) is 0.929. The van der Waals surface area contributed by atoms with Gasteiger partial charge in [0, 0.05) is 17.1 Å². The lowest BCUT2D eigenvalue weighted by atomic mass is 10.1. The van der Waals surface area contributed by atoms with Gasteiger partial charge in [0.1, 0.15) is 5.82 Å². The van der Waals surface area contributed by atoms with Crippen LogP contribution in [0.5, 0.6) is 0 Å². The topological polar surface area (TPSA) is 52.0 Å². The SMILES string of the molecule is Cl.NC[C@@H](N)c1ccc(F)cc1Br. The van der Waals surface area contributed by atoms with Gasteiger partial charge in [-0.3, -0.25) is 0 Å². The molecule has 0 spiro atoms. The second kappa shape index (κ2) is 5.54. The molecule has 0 aliphatic rings. The molecule has 13 heavy (non-hydrogen) atoms. The summed E-state index contributed by atoms with van der Waals surface area (Å²) in [6.07, 6.45) is 0. The zero-order chi connectivity index (χ0) is 9.14. The van der Waals surface area contributed by atoms with Crippen LogP contribution in [0.4, 0.5) is 4.39 Å². The number of hydrogen-bond donors (Lipinski definition) is 2. The minimum atomic E-state index is -0.283. The third-order valence-corrected chi connectivity index (χ3v) is 2.30. The first-order chi connectivity index (χ1) is 5.65. The van der Waals surface area contributed by atoms with Gasteiger partial charge in [0.05, 0.1) is 0 Å². The highest BCUT2D eigenvalue weighted by molar-refractivity contribution is 9.10. The Balaban J connectivity index is 0.00000144. The van der Waals surface area contributed by atoms with Crippen molar-refractivity contribution < 1.29 is 4.39 Å². The van der Waals surface area contributed by atoms with Gasteiger partial charge in [-0.15, -0.1) is 12.4 Å². The Morgan fingerprint density at radius 3 is 2.54 bits per heavy atom. The van der Waals surface area contributed by atoms with E-state index in [1.165, 1.54) is 12.1 Å². The second-order valence-corrected chi connectivity index (χ2v) is 3.36. The lowest BCUT2D eigenvalue weighted by Gasteiger charge is -2.10. The van der Waals surface area contributed by atoms with Crippen LogP contribution in [0.15, 0.2) is 22.7 Å². The number of nitrogens with two attached hydrogens (primary N) is 2. The van der Waals surface area contributed by atoms with Gasteiger partial charge in [-0.25, -0.2) is 4.39 Å². The molecule has 0 saturated carbocycles. The van der Waals surface area contributed by atoms with Gasteiger partial charge in [0.2, 0.25) is 0 Å². The molecule has 1 atom stereocenters. The monoisotopic (exact) mass is 268 g/mol. The zero-order valence-electron chi connectivity index (χ0n) is 6.84. The smallest absolute Gasteiger partial charge is 0.124 e. The average Bonchev–Trinajstić information content (AvgIpc) is 2.03. The van der Waals surface area contributed by atoms with Gasteiger partial charge in [-0.2, -0.15) is 0 Å². The quantitative estimate of drug-likeness (QED) is 0.862. The lowest BCUT2D eigenvalue weighted by Crippen LogP contribution is -2.21. The van der Waals surface area contributed by atoms with E-state index in [4.69, 9.17) is 11.5 Å². The van der Waals surface area contributed by atoms with Crippen molar-refractivity contribution in [2.24, 2.45) is 11.5 Å². The third kappa shape index (κ3) is 3.23. The van der Waals surface area contributed by atoms with Crippen LogP contribution in [-0.4, -0.2) is 6.54 Å². The molecule has 0 aromatic heterocycles. The maximum absolute atomic E-state index is 12.6. The summed E-state index contributed by atoms with van der Waals surface area (Å²) in [5.41, 5.74) is 11.9. The maximum Gasteiger partial charge on any atom is 0.124 e. The van der Waals surface area contributed by atoms with Crippen molar-refractivity contribution in [2.45, 2.75) is 6.04 Å². The van der Waals surface area contributed by atoms with Gasteiger partial charge in [-0.1, -0.05) is 22.0 Å². The van der Waals surface area contributed by atoms with E-state index in [-0.39, 0.29) is 24.3 Å². The highest BCUT2D eigenvalue weighted by Gasteiger charge is 2.07. The molecule has 74 valence electrons. The molecule has 1 aromatic rings. The highest BCUT2D eigenvalue weighted by Crippen LogP contribution is 2.22. The van der Waals surface area contributed by atoms with Crippen LogP contribution >= 0.6 is 28.3 Å². The number of hydrogen-bond acceptors (Lipinski definition) is 2. The molecule has 0 fully saturated rings. The van der Waals surface area contributed by atoms with E-state index >= 15 is 0 Å². The van der Waals surface area contributed by atoms with Crippen molar-refractivity contribution in [1.29, 1.82) is 0 Å². The summed E-state index contributed by atoms with van der Waals surface area (Å²) in [6, 6.07) is 4.15. The third-order valence-electron chi connectivity index (χ3n) is 1.62. The molecule has 0 unspecified atom stereocenters. The van der Waals surface area contributed by atoms with E-state index in [1.54, 1.807) is 6.07 Å². The lowest BCUT2D eigenvalue weighted by molar-refractivity contribution is 0.623. The fraction of sp³-hybridized carbons (Fsp3) is 0.250. The molecular weight excluding hydrogens is 258 g/mol. The summed E-state index contributed by atoms with van der Waals surface area (Å²) in [6.45, 7) is 0.351. The highest BCUT2D eigenvalue weighted by atomic mass is 79.9. The Morgan fingerprint density at radius 2 is 2.08 bits per heavy atom. The zero-order valence-corrected chi connectivity index (χ0v) is 9.24. The van der Waals surface area contributed by atoms with Crippen LogP contribution in [-0.2, 0) is 0 Å². The van der Waals surface area contributed by atoms with Crippen molar-refractivity contribution in [3.63, 3.8) is 0 Å². The van der Waals surface area contributed by atoms with Crippen LogP contribution in [0.3, 0.4) is 0 Å². The molecule has 1 rings (SSSR count). The molecule has 4 N–H and O–H groups in total. The first-order valence-electron chi connectivity index (χ1n) is 3.55. The number of rotatable bonds is 2. The summed E-state index contributed by atoms with van der Waals surface area (Å²) in [5.74, 6) is -0.283. The number of benzene rings is 1. The Morgan fingerprint density at radius 1 is 1.46 bits per heavy atom. The largest absolute Gasteiger partial charge is 0.329 e. The van der Waals surface area contributed by atoms with Crippen molar-refractivity contribution in [3.05, 3.63) is 34.1 Å². The molecule has 0 heterocycles. The summed E-state index contributed by atoms with van der Waals surface area (Å²) < 4.78 is 13.3. The van der Waals surface area contributed by atoms with Crippen molar-refractivity contribution in [3.8, 4) is 0 Å². The van der Waals surface area contributed by atoms with Gasteiger partial charge in [-0.05, 0) is 17.7 Å². The summed E-state index contributed by atoms with van der Waals surface area (Å²) in [5, 5.41) is 0. The van der Waals surface area contributed by atoms with Crippen LogP contribution < -0.4 is 11.5 Å². The minimum absolute atomic E-state index is 0. The molecule has 0 saturated heterocycles. The van der Waals surface area contributed by atoms with E-state index < -0.39 is 0 Å². The van der Waals surface area contributed by atoms with E-state index in [0.29, 0.717) is 11.0 Å². The Bertz CT molecular complexity index is 283. The van der Waals surface area contributed by atoms with Crippen LogP contribution in [0.2, 0.25) is 0 Å². The van der Waals surface area contributed by atoms with Gasteiger partial charge < -0.3 is 11.5 Å². The molecule has 0 aliphatic carbocycles. The Hall–Kier alpha value is -0.160. The van der Waals surface area contributed by atoms with Crippen LogP contribution in [0.25, 0.3) is 0 Å². The van der Waals surface area contributed by atoms with Gasteiger partial charge >= 0.3 is 0 Å². The molecule has 1 aromatic carbocycles. The van der Waals surface area contributed by atoms with Crippen molar-refractivity contribution in [1.82, 2.24) is 0 Å². The standard InChI is InChI=1S/C8H10BrFN2.ClH/c9-7-3-5(10)1-2-6(7)8(12)4-11;/h1-3,8H,4,11-12H2;1H/t8-;/m1./s1. The number of halogens is 3. The van der Waals surface area contributed by atoms with E-state index in [1.807, 2.05) is 0 Å². The summed E-state index contributed by atoms with van der Waals surface area (Å²) >= 11 is 3.21. The molecule has 5 heteroatoms. The first kappa shape index (κ1) is 12.8. The van der Waals surface area contributed by atoms with E-state index in [2.05, 4.69) is 15.9 Å². The summed E-state index contributed by atoms with van der Waals surface area (Å²) in [4.78, 5) is 0. The maximum atomic E-state index is 12.6. The van der Waals surface area contributed by atoms with Crippen LogP contribution in [0, 0.1) is 5.82 Å². The first-order valence-corrected chi connectivity index (χ1v) is 4.35. The van der Waals surface area contributed by atoms with Crippen LogP contribution in [0.1, 0.15) is 11.6 Å². The van der Waals surface area contributed by atoms with E-state index in [9.17, 15) is 4.39 Å². The average molecular weight is 270 g/mol. The van der Waals surface area contributed by atoms with Gasteiger partial charge in [0.25, 0.3) is 0 Å². The Labute approximate surface area is 91.0 Å². The molecule has 0 aliphatic heterocycles. The molecular formula is C8H11BrClFN2. The van der Waals surface area contributed by atoms with Crippen molar-refractivity contribution in [2.75, 3.05) is 6.54 Å². The normalized spacial score (nSPS) is 12.0. The molecule has 0 bridgehead atoms. The van der Waals surface area contributed by atoms with Gasteiger partial charge in [0.15, 0.2) is 0 Å².